The van der Waals surface area contributed by atoms with Crippen molar-refractivity contribution in [1.82, 2.24) is 4.90 Å². The lowest BCUT2D eigenvalue weighted by atomic mass is 9.90. The second kappa shape index (κ2) is 6.83. The Balaban J connectivity index is 1.74. The molecule has 1 heterocycles. The maximum Gasteiger partial charge on any atom is 0.422 e. The molecule has 0 bridgehead atoms. The zero-order valence-corrected chi connectivity index (χ0v) is 11.6. The molecule has 1 fully saturated rings. The molecule has 0 radical (unpaired) electrons. The molecule has 0 N–H and O–H groups in total. The predicted molar refractivity (Wildman–Crippen MR) is 71.8 cm³/mol. The van der Waals surface area contributed by atoms with Gasteiger partial charge in [-0.25, -0.2) is 4.79 Å². The Hall–Kier alpha value is -1.72. The van der Waals surface area contributed by atoms with Crippen molar-refractivity contribution in [3.05, 3.63) is 35.9 Å². The molecule has 0 atom stereocenters. The standard InChI is InChI=1S/C15H18F3NO2/c16-15(17,18)11-21-14(20)19-8-6-13(7-9-19)10-12-4-2-1-3-5-12/h1-5,13H,6-11H2. The van der Waals surface area contributed by atoms with Crippen LogP contribution in [-0.2, 0) is 11.2 Å². The van der Waals surface area contributed by atoms with E-state index in [-0.39, 0.29) is 0 Å². The number of benzene rings is 1. The molecule has 0 saturated carbocycles. The van der Waals surface area contributed by atoms with E-state index in [9.17, 15) is 18.0 Å². The van der Waals surface area contributed by atoms with Crippen molar-refractivity contribution in [2.45, 2.75) is 25.4 Å². The largest absolute Gasteiger partial charge is 0.440 e. The van der Waals surface area contributed by atoms with Crippen LogP contribution in [0.15, 0.2) is 30.3 Å². The van der Waals surface area contributed by atoms with E-state index >= 15 is 0 Å². The van der Waals surface area contributed by atoms with Crippen molar-refractivity contribution in [1.29, 1.82) is 0 Å². The fraction of sp³-hybridized carbons (Fsp3) is 0.533. The van der Waals surface area contributed by atoms with E-state index in [0.29, 0.717) is 19.0 Å². The van der Waals surface area contributed by atoms with E-state index in [1.807, 2.05) is 18.2 Å². The fourth-order valence-electron chi connectivity index (χ4n) is 2.50. The Labute approximate surface area is 121 Å². The van der Waals surface area contributed by atoms with Crippen molar-refractivity contribution in [3.8, 4) is 0 Å². The third-order valence-electron chi connectivity index (χ3n) is 3.60. The zero-order chi connectivity index (χ0) is 15.3. The highest BCUT2D eigenvalue weighted by molar-refractivity contribution is 5.67. The summed E-state index contributed by atoms with van der Waals surface area (Å²) in [4.78, 5) is 12.9. The first-order valence-corrected chi connectivity index (χ1v) is 6.96. The van der Waals surface area contributed by atoms with Crippen molar-refractivity contribution in [3.63, 3.8) is 0 Å². The third kappa shape index (κ3) is 5.28. The van der Waals surface area contributed by atoms with Crippen LogP contribution >= 0.6 is 0 Å². The lowest BCUT2D eigenvalue weighted by molar-refractivity contribution is -0.162. The average molecular weight is 301 g/mol. The maximum absolute atomic E-state index is 12.0. The molecule has 1 amide bonds. The number of rotatable bonds is 3. The average Bonchev–Trinajstić information content (AvgIpc) is 2.46. The molecule has 2 rings (SSSR count). The molecule has 0 unspecified atom stereocenters. The molecule has 1 aromatic rings. The number of piperidine rings is 1. The van der Waals surface area contributed by atoms with Gasteiger partial charge in [-0.1, -0.05) is 30.3 Å². The van der Waals surface area contributed by atoms with Gasteiger partial charge in [-0.3, -0.25) is 0 Å². The van der Waals surface area contributed by atoms with Crippen LogP contribution in [0.1, 0.15) is 18.4 Å². The first-order valence-electron chi connectivity index (χ1n) is 6.96. The van der Waals surface area contributed by atoms with Gasteiger partial charge < -0.3 is 9.64 Å². The highest BCUT2D eigenvalue weighted by Crippen LogP contribution is 2.22. The van der Waals surface area contributed by atoms with Crippen molar-refractivity contribution < 1.29 is 22.7 Å². The van der Waals surface area contributed by atoms with Crippen LogP contribution in [0.25, 0.3) is 0 Å². The van der Waals surface area contributed by atoms with Crippen LogP contribution in [0.4, 0.5) is 18.0 Å². The lowest BCUT2D eigenvalue weighted by Crippen LogP contribution is -2.40. The van der Waals surface area contributed by atoms with Gasteiger partial charge in [0.25, 0.3) is 0 Å². The van der Waals surface area contributed by atoms with E-state index in [2.05, 4.69) is 16.9 Å². The van der Waals surface area contributed by atoms with Crippen molar-refractivity contribution >= 4 is 6.09 Å². The predicted octanol–water partition coefficient (Wildman–Crippen LogP) is 3.64. The molecule has 0 aromatic heterocycles. The summed E-state index contributed by atoms with van der Waals surface area (Å²) < 4.78 is 40.2. The normalized spacial score (nSPS) is 16.8. The fourth-order valence-corrected chi connectivity index (χ4v) is 2.50. The lowest BCUT2D eigenvalue weighted by Gasteiger charge is -2.31. The summed E-state index contributed by atoms with van der Waals surface area (Å²) in [5.41, 5.74) is 1.25. The van der Waals surface area contributed by atoms with Gasteiger partial charge in [0.1, 0.15) is 0 Å². The number of nitrogens with zero attached hydrogens (tertiary/aromatic N) is 1. The molecule has 116 valence electrons. The van der Waals surface area contributed by atoms with Crippen LogP contribution in [0.5, 0.6) is 0 Å². The molecular formula is C15H18F3NO2. The van der Waals surface area contributed by atoms with E-state index in [4.69, 9.17) is 0 Å². The van der Waals surface area contributed by atoms with Gasteiger partial charge in [-0.15, -0.1) is 0 Å². The summed E-state index contributed by atoms with van der Waals surface area (Å²) in [6, 6.07) is 10.1. The van der Waals surface area contributed by atoms with Gasteiger partial charge in [0.05, 0.1) is 0 Å². The highest BCUT2D eigenvalue weighted by atomic mass is 19.4. The van der Waals surface area contributed by atoms with E-state index < -0.39 is 18.9 Å². The van der Waals surface area contributed by atoms with E-state index in [1.54, 1.807) is 0 Å². The number of carbonyl (C=O) groups is 1. The first-order chi connectivity index (χ1) is 9.94. The number of alkyl halides is 3. The summed E-state index contributed by atoms with van der Waals surface area (Å²) in [7, 11) is 0. The number of likely N-dealkylation sites (tertiary alicyclic amines) is 1. The minimum Gasteiger partial charge on any atom is -0.440 e. The number of carbonyl (C=O) groups excluding carboxylic acids is 1. The molecule has 1 aliphatic heterocycles. The van der Waals surface area contributed by atoms with Crippen LogP contribution in [0, 0.1) is 5.92 Å². The smallest absolute Gasteiger partial charge is 0.422 e. The SMILES string of the molecule is O=C(OCC(F)(F)F)N1CCC(Cc2ccccc2)CC1. The molecule has 1 aliphatic rings. The molecule has 21 heavy (non-hydrogen) atoms. The second-order valence-corrected chi connectivity index (χ2v) is 5.29. The summed E-state index contributed by atoms with van der Waals surface area (Å²) >= 11 is 0. The Kier molecular flexibility index (Phi) is 5.09. The van der Waals surface area contributed by atoms with Crippen LogP contribution < -0.4 is 0 Å². The van der Waals surface area contributed by atoms with E-state index in [0.717, 1.165) is 19.3 Å². The Morgan fingerprint density at radius 1 is 1.19 bits per heavy atom. The summed E-state index contributed by atoms with van der Waals surface area (Å²) in [6.07, 6.45) is -2.83. The second-order valence-electron chi connectivity index (χ2n) is 5.29. The van der Waals surface area contributed by atoms with Crippen LogP contribution in [0.2, 0.25) is 0 Å². The van der Waals surface area contributed by atoms with Gasteiger partial charge in [-0.05, 0) is 30.7 Å². The Morgan fingerprint density at radius 3 is 2.38 bits per heavy atom. The summed E-state index contributed by atoms with van der Waals surface area (Å²) in [5, 5.41) is 0. The monoisotopic (exact) mass is 301 g/mol. The summed E-state index contributed by atoms with van der Waals surface area (Å²) in [5.74, 6) is 0.457. The first kappa shape index (κ1) is 15.7. The van der Waals surface area contributed by atoms with Gasteiger partial charge >= 0.3 is 12.3 Å². The van der Waals surface area contributed by atoms with E-state index in [1.165, 1.54) is 10.5 Å². The molecule has 3 nitrogen and oxygen atoms in total. The van der Waals surface area contributed by atoms with Gasteiger partial charge in [0.2, 0.25) is 0 Å². The maximum atomic E-state index is 12.0. The molecular weight excluding hydrogens is 283 g/mol. The molecule has 6 heteroatoms. The highest BCUT2D eigenvalue weighted by Gasteiger charge is 2.31. The van der Waals surface area contributed by atoms with Crippen molar-refractivity contribution in [2.75, 3.05) is 19.7 Å². The Morgan fingerprint density at radius 2 is 1.81 bits per heavy atom. The van der Waals surface area contributed by atoms with Crippen molar-refractivity contribution in [2.24, 2.45) is 5.92 Å². The number of hydrogen-bond donors (Lipinski definition) is 0. The number of amides is 1. The van der Waals surface area contributed by atoms with Gasteiger partial charge in [0.15, 0.2) is 6.61 Å². The number of halogens is 3. The topological polar surface area (TPSA) is 29.5 Å². The van der Waals surface area contributed by atoms with Crippen LogP contribution in [0.3, 0.4) is 0 Å². The molecule has 0 spiro atoms. The summed E-state index contributed by atoms with van der Waals surface area (Å²) in [6.45, 7) is -0.613. The van der Waals surface area contributed by atoms with Gasteiger partial charge in [-0.2, -0.15) is 13.2 Å². The minimum atomic E-state index is -4.47. The third-order valence-corrected chi connectivity index (χ3v) is 3.60. The quantitative estimate of drug-likeness (QED) is 0.853. The molecule has 1 aromatic carbocycles. The Bertz CT molecular complexity index is 454. The molecule has 0 aliphatic carbocycles. The van der Waals surface area contributed by atoms with Crippen LogP contribution in [-0.4, -0.2) is 36.9 Å². The zero-order valence-electron chi connectivity index (χ0n) is 11.6. The number of ether oxygens (including phenoxy) is 1. The number of hydrogen-bond acceptors (Lipinski definition) is 2. The molecule has 1 saturated heterocycles. The minimum absolute atomic E-state index is 0.453. The van der Waals surface area contributed by atoms with Gasteiger partial charge in [0, 0.05) is 13.1 Å².